The van der Waals surface area contributed by atoms with Crippen molar-refractivity contribution >= 4 is 6.03 Å². The summed E-state index contributed by atoms with van der Waals surface area (Å²) in [6.07, 6.45) is 3.37. The summed E-state index contributed by atoms with van der Waals surface area (Å²) in [5.74, 6) is 1.42. The molecular weight excluding hydrogens is 272 g/mol. The first kappa shape index (κ1) is 14.2. The summed E-state index contributed by atoms with van der Waals surface area (Å²) < 4.78 is 7.25. The van der Waals surface area contributed by atoms with Gasteiger partial charge in [-0.1, -0.05) is 0 Å². The van der Waals surface area contributed by atoms with Crippen LogP contribution in [0.25, 0.3) is 0 Å². The van der Waals surface area contributed by atoms with Crippen molar-refractivity contribution in [1.82, 2.24) is 30.4 Å². The Bertz CT molecular complexity index is 487. The smallest absolute Gasteiger partial charge is 0.318 e. The van der Waals surface area contributed by atoms with Crippen LogP contribution < -0.4 is 5.32 Å². The molecule has 1 aliphatic carbocycles. The lowest BCUT2D eigenvalue weighted by Gasteiger charge is -2.26. The molecule has 1 unspecified atom stereocenters. The van der Waals surface area contributed by atoms with Crippen LogP contribution in [-0.2, 0) is 17.8 Å². The highest BCUT2D eigenvalue weighted by Crippen LogP contribution is 2.30. The Kier molecular flexibility index (Phi) is 4.33. The normalized spacial score (nSPS) is 22.9. The predicted octanol–water partition coefficient (Wildman–Crippen LogP) is 0.403. The van der Waals surface area contributed by atoms with E-state index in [2.05, 4.69) is 20.8 Å². The highest BCUT2D eigenvalue weighted by molar-refractivity contribution is 5.74. The summed E-state index contributed by atoms with van der Waals surface area (Å²) in [5, 5.41) is 14.6. The van der Waals surface area contributed by atoms with E-state index in [0.717, 1.165) is 19.5 Å². The molecule has 0 bridgehead atoms. The van der Waals surface area contributed by atoms with Gasteiger partial charge in [-0.2, -0.15) is 0 Å². The molecule has 0 radical (unpaired) electrons. The molecule has 8 heteroatoms. The van der Waals surface area contributed by atoms with Crippen LogP contribution >= 0.6 is 0 Å². The number of nitrogens with one attached hydrogen (secondary N) is 1. The van der Waals surface area contributed by atoms with Crippen molar-refractivity contribution in [2.75, 3.05) is 19.8 Å². The Balaban J connectivity index is 1.53. The fourth-order valence-corrected chi connectivity index (χ4v) is 2.50. The Morgan fingerprint density at radius 1 is 1.48 bits per heavy atom. The zero-order chi connectivity index (χ0) is 14.7. The maximum absolute atomic E-state index is 12.3. The zero-order valence-corrected chi connectivity index (χ0v) is 12.4. The fraction of sp³-hybridized carbons (Fsp3) is 0.846. The van der Waals surface area contributed by atoms with E-state index >= 15 is 0 Å². The highest BCUT2D eigenvalue weighted by Gasteiger charge is 2.25. The number of urea groups is 1. The molecule has 2 amide bonds. The molecule has 0 spiro atoms. The average Bonchev–Trinajstić information content (AvgIpc) is 3.21. The van der Waals surface area contributed by atoms with E-state index in [0.29, 0.717) is 31.5 Å². The van der Waals surface area contributed by atoms with Gasteiger partial charge in [-0.3, -0.25) is 0 Å². The first-order valence-corrected chi connectivity index (χ1v) is 7.61. The molecule has 1 aromatic rings. The van der Waals surface area contributed by atoms with Gasteiger partial charge >= 0.3 is 6.03 Å². The number of aromatic nitrogens is 4. The van der Waals surface area contributed by atoms with E-state index in [-0.39, 0.29) is 12.1 Å². The van der Waals surface area contributed by atoms with Crippen molar-refractivity contribution in [3.8, 4) is 0 Å². The average molecular weight is 294 g/mol. The van der Waals surface area contributed by atoms with Crippen LogP contribution in [0.3, 0.4) is 0 Å². The minimum Gasteiger partial charge on any atom is -0.379 e. The molecule has 1 saturated carbocycles. The van der Waals surface area contributed by atoms with Crippen molar-refractivity contribution < 1.29 is 9.53 Å². The monoisotopic (exact) mass is 294 g/mol. The van der Waals surface area contributed by atoms with Crippen LogP contribution in [0.15, 0.2) is 0 Å². The van der Waals surface area contributed by atoms with Crippen LogP contribution in [0.4, 0.5) is 4.79 Å². The number of ether oxygens (including phenoxy) is 1. The van der Waals surface area contributed by atoms with Crippen molar-refractivity contribution in [3.63, 3.8) is 0 Å². The molecule has 116 valence electrons. The second-order valence-electron chi connectivity index (χ2n) is 5.85. The Hall–Kier alpha value is -1.70. The van der Waals surface area contributed by atoms with E-state index in [4.69, 9.17) is 4.74 Å². The summed E-state index contributed by atoms with van der Waals surface area (Å²) in [5.41, 5.74) is 0. The molecule has 0 aromatic carbocycles. The van der Waals surface area contributed by atoms with Gasteiger partial charge in [0.05, 0.1) is 19.2 Å². The van der Waals surface area contributed by atoms with Gasteiger partial charge in [-0.25, -0.2) is 9.48 Å². The molecule has 1 N–H and O–H groups in total. The van der Waals surface area contributed by atoms with Crippen LogP contribution in [0.2, 0.25) is 0 Å². The van der Waals surface area contributed by atoms with E-state index in [9.17, 15) is 4.79 Å². The van der Waals surface area contributed by atoms with E-state index in [1.54, 1.807) is 4.68 Å². The van der Waals surface area contributed by atoms with Crippen LogP contribution in [-0.4, -0.2) is 56.9 Å². The molecule has 1 saturated heterocycles. The summed E-state index contributed by atoms with van der Waals surface area (Å²) in [7, 11) is 0. The standard InChI is InChI=1S/C13H22N6O2/c1-10-9-21-6-2-5-18(10)13(20)14-7-12-15-16-17-19(12)8-11-3-4-11/h10-11H,2-9H2,1H3,(H,14,20). The number of carbonyl (C=O) groups is 1. The summed E-state index contributed by atoms with van der Waals surface area (Å²) >= 11 is 0. The van der Waals surface area contributed by atoms with Crippen molar-refractivity contribution in [2.45, 2.75) is 45.3 Å². The van der Waals surface area contributed by atoms with E-state index in [1.807, 2.05) is 11.8 Å². The molecule has 8 nitrogen and oxygen atoms in total. The number of carbonyl (C=O) groups excluding carboxylic acids is 1. The first-order valence-electron chi connectivity index (χ1n) is 7.61. The van der Waals surface area contributed by atoms with Gasteiger partial charge in [-0.15, -0.1) is 5.10 Å². The fourth-order valence-electron chi connectivity index (χ4n) is 2.50. The van der Waals surface area contributed by atoms with Crippen LogP contribution in [0.5, 0.6) is 0 Å². The zero-order valence-electron chi connectivity index (χ0n) is 12.4. The lowest BCUT2D eigenvalue weighted by atomic mass is 10.3. The van der Waals surface area contributed by atoms with E-state index < -0.39 is 0 Å². The number of tetrazole rings is 1. The van der Waals surface area contributed by atoms with Crippen molar-refractivity contribution in [2.24, 2.45) is 5.92 Å². The van der Waals surface area contributed by atoms with Gasteiger partial charge in [0.1, 0.15) is 0 Å². The molecule has 1 aliphatic heterocycles. The third kappa shape index (κ3) is 3.69. The maximum Gasteiger partial charge on any atom is 0.318 e. The summed E-state index contributed by atoms with van der Waals surface area (Å²) in [6, 6.07) is 0.0175. The second-order valence-corrected chi connectivity index (χ2v) is 5.85. The molecule has 2 fully saturated rings. The molecular formula is C13H22N6O2. The van der Waals surface area contributed by atoms with Gasteiger partial charge < -0.3 is 15.0 Å². The summed E-state index contributed by atoms with van der Waals surface area (Å²) in [4.78, 5) is 14.1. The quantitative estimate of drug-likeness (QED) is 0.869. The second kappa shape index (κ2) is 6.38. The van der Waals surface area contributed by atoms with E-state index in [1.165, 1.54) is 12.8 Å². The number of rotatable bonds is 4. The van der Waals surface area contributed by atoms with Crippen molar-refractivity contribution in [3.05, 3.63) is 5.82 Å². The first-order chi connectivity index (χ1) is 10.2. The number of amides is 2. The molecule has 2 heterocycles. The van der Waals surface area contributed by atoms with Gasteiger partial charge in [0.25, 0.3) is 0 Å². The molecule has 2 aliphatic rings. The Morgan fingerprint density at radius 3 is 3.14 bits per heavy atom. The lowest BCUT2D eigenvalue weighted by Crippen LogP contribution is -2.46. The third-order valence-corrected chi connectivity index (χ3v) is 3.97. The number of hydrogen-bond acceptors (Lipinski definition) is 5. The molecule has 1 aromatic heterocycles. The third-order valence-electron chi connectivity index (χ3n) is 3.97. The predicted molar refractivity (Wildman–Crippen MR) is 74.4 cm³/mol. The lowest BCUT2D eigenvalue weighted by molar-refractivity contribution is 0.113. The molecule has 3 rings (SSSR count). The van der Waals surface area contributed by atoms with Crippen LogP contribution in [0, 0.1) is 5.92 Å². The van der Waals surface area contributed by atoms with Crippen LogP contribution in [0.1, 0.15) is 32.0 Å². The summed E-state index contributed by atoms with van der Waals surface area (Å²) in [6.45, 7) is 5.25. The minimum atomic E-state index is -0.0750. The largest absolute Gasteiger partial charge is 0.379 e. The number of hydrogen-bond donors (Lipinski definition) is 1. The Morgan fingerprint density at radius 2 is 2.33 bits per heavy atom. The SMILES string of the molecule is CC1COCCCN1C(=O)NCc1nnnn1CC1CC1. The topological polar surface area (TPSA) is 85.2 Å². The maximum atomic E-state index is 12.3. The highest BCUT2D eigenvalue weighted by atomic mass is 16.5. The molecule has 21 heavy (non-hydrogen) atoms. The minimum absolute atomic E-state index is 0.0750. The van der Waals surface area contributed by atoms with Gasteiger partial charge in [0.2, 0.25) is 0 Å². The van der Waals surface area contributed by atoms with Gasteiger partial charge in [0, 0.05) is 19.7 Å². The van der Waals surface area contributed by atoms with Gasteiger partial charge in [0.15, 0.2) is 5.82 Å². The number of nitrogens with zero attached hydrogens (tertiary/aromatic N) is 5. The van der Waals surface area contributed by atoms with Crippen molar-refractivity contribution in [1.29, 1.82) is 0 Å². The Labute approximate surface area is 123 Å². The van der Waals surface area contributed by atoms with Gasteiger partial charge in [-0.05, 0) is 42.5 Å². The molecule has 1 atom stereocenters.